The molecule has 2 N–H and O–H groups in total. The van der Waals surface area contributed by atoms with Gasteiger partial charge in [-0.2, -0.15) is 0 Å². The van der Waals surface area contributed by atoms with Gasteiger partial charge in [-0.1, -0.05) is 12.2 Å². The molecule has 2 heteroatoms. The smallest absolute Gasteiger partial charge is 0.0471 e. The highest BCUT2D eigenvalue weighted by Crippen LogP contribution is 2.15. The molecule has 1 fully saturated rings. The molecule has 0 amide bonds. The van der Waals surface area contributed by atoms with Crippen LogP contribution in [0, 0.1) is 5.92 Å². The van der Waals surface area contributed by atoms with Crippen molar-refractivity contribution in [2.75, 3.05) is 19.8 Å². The van der Waals surface area contributed by atoms with E-state index in [0.717, 1.165) is 32.0 Å². The number of nitrogens with two attached hydrogens (primary N) is 1. The third-order valence-corrected chi connectivity index (χ3v) is 1.81. The molecule has 0 saturated carbocycles. The number of allylic oxidation sites excluding steroid dienone is 1. The summed E-state index contributed by atoms with van der Waals surface area (Å²) in [6.45, 7) is 2.50. The van der Waals surface area contributed by atoms with E-state index in [1.165, 1.54) is 0 Å². The van der Waals surface area contributed by atoms with Crippen LogP contribution >= 0.6 is 0 Å². The Morgan fingerprint density at radius 1 is 1.40 bits per heavy atom. The van der Waals surface area contributed by atoms with Gasteiger partial charge in [-0.15, -0.1) is 0 Å². The third-order valence-electron chi connectivity index (χ3n) is 1.81. The van der Waals surface area contributed by atoms with Crippen molar-refractivity contribution in [3.63, 3.8) is 0 Å². The lowest BCUT2D eigenvalue weighted by molar-refractivity contribution is 0.0785. The second kappa shape index (κ2) is 4.47. The Morgan fingerprint density at radius 2 is 2.10 bits per heavy atom. The van der Waals surface area contributed by atoms with Crippen molar-refractivity contribution >= 4 is 0 Å². The van der Waals surface area contributed by atoms with E-state index in [4.69, 9.17) is 10.5 Å². The minimum absolute atomic E-state index is 0.664. The molecule has 1 aliphatic heterocycles. The lowest BCUT2D eigenvalue weighted by atomic mass is 10.00. The monoisotopic (exact) mass is 141 g/mol. The Kier molecular flexibility index (Phi) is 3.47. The molecule has 2 nitrogen and oxygen atoms in total. The molecule has 1 aliphatic rings. The van der Waals surface area contributed by atoms with E-state index in [1.807, 2.05) is 6.08 Å². The Bertz CT molecular complexity index is 106. The Hall–Kier alpha value is -0.340. The van der Waals surface area contributed by atoms with Crippen LogP contribution in [0.15, 0.2) is 12.2 Å². The SMILES string of the molecule is NCC=CC1CCOCC1. The lowest BCUT2D eigenvalue weighted by Crippen LogP contribution is -2.13. The standard InChI is InChI=1S/C8H15NO/c9-5-1-2-8-3-6-10-7-4-8/h1-2,8H,3-7,9H2. The first-order chi connectivity index (χ1) is 4.93. The van der Waals surface area contributed by atoms with E-state index >= 15 is 0 Å². The van der Waals surface area contributed by atoms with Crippen LogP contribution in [0.4, 0.5) is 0 Å². The van der Waals surface area contributed by atoms with Gasteiger partial charge < -0.3 is 10.5 Å². The zero-order valence-electron chi connectivity index (χ0n) is 6.25. The predicted octanol–water partition coefficient (Wildman–Crippen LogP) is 0.928. The molecule has 58 valence electrons. The number of hydrogen-bond acceptors (Lipinski definition) is 2. The van der Waals surface area contributed by atoms with Crippen LogP contribution in [0.2, 0.25) is 0 Å². The first-order valence-corrected chi connectivity index (χ1v) is 3.88. The van der Waals surface area contributed by atoms with Gasteiger partial charge in [0.1, 0.15) is 0 Å². The van der Waals surface area contributed by atoms with Crippen LogP contribution in [0.25, 0.3) is 0 Å². The van der Waals surface area contributed by atoms with Crippen LogP contribution in [0.3, 0.4) is 0 Å². The van der Waals surface area contributed by atoms with Gasteiger partial charge in [0.25, 0.3) is 0 Å². The maximum atomic E-state index is 5.33. The van der Waals surface area contributed by atoms with Crippen LogP contribution in [-0.2, 0) is 4.74 Å². The van der Waals surface area contributed by atoms with Crippen molar-refractivity contribution < 1.29 is 4.74 Å². The topological polar surface area (TPSA) is 35.2 Å². The summed E-state index contributed by atoms with van der Waals surface area (Å²) in [5.74, 6) is 0.720. The number of rotatable bonds is 2. The maximum Gasteiger partial charge on any atom is 0.0471 e. The van der Waals surface area contributed by atoms with Gasteiger partial charge in [0, 0.05) is 19.8 Å². The molecular formula is C8H15NO. The van der Waals surface area contributed by atoms with Gasteiger partial charge in [0.05, 0.1) is 0 Å². The van der Waals surface area contributed by atoms with Crippen molar-refractivity contribution in [3.05, 3.63) is 12.2 Å². The average Bonchev–Trinajstić information content (AvgIpc) is 2.03. The van der Waals surface area contributed by atoms with Gasteiger partial charge in [-0.3, -0.25) is 0 Å². The molecule has 0 unspecified atom stereocenters. The molecule has 1 saturated heterocycles. The summed E-state index contributed by atoms with van der Waals surface area (Å²) in [5.41, 5.74) is 5.33. The van der Waals surface area contributed by atoms with Crippen LogP contribution in [0.1, 0.15) is 12.8 Å². The van der Waals surface area contributed by atoms with Gasteiger partial charge in [-0.05, 0) is 18.8 Å². The van der Waals surface area contributed by atoms with Crippen LogP contribution in [-0.4, -0.2) is 19.8 Å². The zero-order valence-corrected chi connectivity index (χ0v) is 6.25. The highest BCUT2D eigenvalue weighted by Gasteiger charge is 2.09. The van der Waals surface area contributed by atoms with Crippen molar-refractivity contribution in [2.24, 2.45) is 11.7 Å². The summed E-state index contributed by atoms with van der Waals surface area (Å²) in [5, 5.41) is 0. The molecule has 0 aliphatic carbocycles. The highest BCUT2D eigenvalue weighted by molar-refractivity contribution is 4.89. The zero-order chi connectivity index (χ0) is 7.23. The molecule has 1 heterocycles. The third kappa shape index (κ3) is 2.50. The second-order valence-electron chi connectivity index (χ2n) is 2.61. The fraction of sp³-hybridized carbons (Fsp3) is 0.750. The maximum absolute atomic E-state index is 5.33. The Morgan fingerprint density at radius 3 is 2.70 bits per heavy atom. The molecule has 0 aromatic carbocycles. The van der Waals surface area contributed by atoms with Gasteiger partial charge in [0.15, 0.2) is 0 Å². The Labute approximate surface area is 62.1 Å². The molecule has 0 bridgehead atoms. The molecular weight excluding hydrogens is 126 g/mol. The first kappa shape index (κ1) is 7.76. The fourth-order valence-corrected chi connectivity index (χ4v) is 1.18. The molecule has 0 spiro atoms. The summed E-state index contributed by atoms with van der Waals surface area (Å²) in [6, 6.07) is 0. The number of hydrogen-bond donors (Lipinski definition) is 1. The molecule has 0 radical (unpaired) electrons. The summed E-state index contributed by atoms with van der Waals surface area (Å²) >= 11 is 0. The normalized spacial score (nSPS) is 22.1. The van der Waals surface area contributed by atoms with Gasteiger partial charge in [-0.25, -0.2) is 0 Å². The quantitative estimate of drug-likeness (QED) is 0.580. The average molecular weight is 141 g/mol. The van der Waals surface area contributed by atoms with Crippen molar-refractivity contribution in [1.82, 2.24) is 0 Å². The van der Waals surface area contributed by atoms with Crippen molar-refractivity contribution in [1.29, 1.82) is 0 Å². The summed E-state index contributed by atoms with van der Waals surface area (Å²) in [6.07, 6.45) is 6.57. The van der Waals surface area contributed by atoms with Crippen molar-refractivity contribution in [3.8, 4) is 0 Å². The molecule has 10 heavy (non-hydrogen) atoms. The van der Waals surface area contributed by atoms with Gasteiger partial charge >= 0.3 is 0 Å². The lowest BCUT2D eigenvalue weighted by Gasteiger charge is -2.18. The van der Waals surface area contributed by atoms with Crippen molar-refractivity contribution in [2.45, 2.75) is 12.8 Å². The Balaban J connectivity index is 2.19. The molecule has 0 atom stereocenters. The summed E-state index contributed by atoms with van der Waals surface area (Å²) in [7, 11) is 0. The molecule has 1 rings (SSSR count). The van der Waals surface area contributed by atoms with Crippen LogP contribution < -0.4 is 5.73 Å². The first-order valence-electron chi connectivity index (χ1n) is 3.88. The molecule has 0 aromatic rings. The molecule has 0 aromatic heterocycles. The van der Waals surface area contributed by atoms with E-state index < -0.39 is 0 Å². The minimum Gasteiger partial charge on any atom is -0.381 e. The highest BCUT2D eigenvalue weighted by atomic mass is 16.5. The van der Waals surface area contributed by atoms with E-state index in [0.29, 0.717) is 6.54 Å². The van der Waals surface area contributed by atoms with E-state index in [2.05, 4.69) is 6.08 Å². The van der Waals surface area contributed by atoms with E-state index in [-0.39, 0.29) is 0 Å². The largest absolute Gasteiger partial charge is 0.381 e. The summed E-state index contributed by atoms with van der Waals surface area (Å²) < 4.78 is 5.21. The second-order valence-corrected chi connectivity index (χ2v) is 2.61. The minimum atomic E-state index is 0.664. The summed E-state index contributed by atoms with van der Waals surface area (Å²) in [4.78, 5) is 0. The number of ether oxygens (including phenoxy) is 1. The fourth-order valence-electron chi connectivity index (χ4n) is 1.18. The van der Waals surface area contributed by atoms with Gasteiger partial charge in [0.2, 0.25) is 0 Å². The predicted molar refractivity (Wildman–Crippen MR) is 41.7 cm³/mol. The van der Waals surface area contributed by atoms with E-state index in [1.54, 1.807) is 0 Å². The van der Waals surface area contributed by atoms with Crippen LogP contribution in [0.5, 0.6) is 0 Å². The van der Waals surface area contributed by atoms with E-state index in [9.17, 15) is 0 Å².